The first kappa shape index (κ1) is 11.9. The van der Waals surface area contributed by atoms with Crippen LogP contribution in [0, 0.1) is 0 Å². The molecule has 1 N–H and O–H groups in total. The molecule has 0 fully saturated rings. The number of quaternary nitrogens is 1. The van der Waals surface area contributed by atoms with Gasteiger partial charge in [-0.05, 0) is 6.07 Å². The van der Waals surface area contributed by atoms with E-state index in [1.165, 1.54) is 12.1 Å². The van der Waals surface area contributed by atoms with E-state index in [1.54, 1.807) is 0 Å². The van der Waals surface area contributed by atoms with Crippen LogP contribution in [0.15, 0.2) is 24.2 Å². The topological polar surface area (TPSA) is 63.6 Å². The third-order valence-electron chi connectivity index (χ3n) is 3.19. The molecule has 2 aliphatic heterocycles. The van der Waals surface area contributed by atoms with E-state index in [4.69, 9.17) is 9.94 Å². The van der Waals surface area contributed by atoms with Crippen molar-refractivity contribution in [3.8, 4) is 0 Å². The van der Waals surface area contributed by atoms with E-state index in [1.807, 2.05) is 0 Å². The summed E-state index contributed by atoms with van der Waals surface area (Å²) in [5.74, 6) is -3.65. The van der Waals surface area contributed by atoms with E-state index < -0.39 is 22.6 Å². The summed E-state index contributed by atoms with van der Waals surface area (Å²) in [4.78, 5) is 25.5. The van der Waals surface area contributed by atoms with Crippen LogP contribution in [-0.2, 0) is 11.3 Å². The predicted molar refractivity (Wildman–Crippen MR) is 59.5 cm³/mol. The first-order valence-corrected chi connectivity index (χ1v) is 5.50. The summed E-state index contributed by atoms with van der Waals surface area (Å²) < 4.78 is 28.2. The summed E-state index contributed by atoms with van der Waals surface area (Å²) in [6.07, 6.45) is 0.705. The molecule has 1 atom stereocenters. The number of hydrogen-bond donors (Lipinski definition) is 1. The Balaban J connectivity index is 2.40. The van der Waals surface area contributed by atoms with Gasteiger partial charge in [0.1, 0.15) is 17.0 Å². The van der Waals surface area contributed by atoms with Gasteiger partial charge < -0.3 is 5.11 Å². The standard InChI is InChI=1S/C12H7F2NO4/c13-9-5-8(16)10-7(12(17)18)2-1-6-3-4-19-15(9,14)11(6)10/h1-2,5H,3-4H2/p+1. The summed E-state index contributed by atoms with van der Waals surface area (Å²) in [6.45, 7) is -0.0647. The van der Waals surface area contributed by atoms with Crippen molar-refractivity contribution in [1.29, 1.82) is 0 Å². The predicted octanol–water partition coefficient (Wildman–Crippen LogP) is 2.07. The molecule has 2 heterocycles. The summed E-state index contributed by atoms with van der Waals surface area (Å²) in [5.41, 5.74) is -0.715. The number of ketones is 1. The fourth-order valence-corrected chi connectivity index (χ4v) is 2.37. The molecule has 0 spiro atoms. The molecule has 5 nitrogen and oxygen atoms in total. The van der Waals surface area contributed by atoms with Gasteiger partial charge in [0.15, 0.2) is 0 Å². The number of benzene rings is 1. The molecule has 3 rings (SSSR count). The maximum atomic E-state index is 14.5. The summed E-state index contributed by atoms with van der Waals surface area (Å²) in [6, 6.07) is 2.60. The van der Waals surface area contributed by atoms with Crippen molar-refractivity contribution >= 4 is 17.4 Å². The minimum atomic E-state index is -2.10. The molecule has 0 saturated heterocycles. The van der Waals surface area contributed by atoms with Crippen LogP contribution in [0.1, 0.15) is 26.3 Å². The van der Waals surface area contributed by atoms with E-state index in [0.29, 0.717) is 11.6 Å². The molecule has 0 saturated carbocycles. The molecule has 1 unspecified atom stereocenters. The monoisotopic (exact) mass is 268 g/mol. The van der Waals surface area contributed by atoms with Gasteiger partial charge in [0, 0.05) is 12.0 Å². The zero-order valence-electron chi connectivity index (χ0n) is 9.52. The lowest BCUT2D eigenvalue weighted by Crippen LogP contribution is -2.46. The molecule has 1 aromatic carbocycles. The Morgan fingerprint density at radius 1 is 1.42 bits per heavy atom. The second kappa shape index (κ2) is 3.69. The van der Waals surface area contributed by atoms with E-state index >= 15 is 0 Å². The lowest BCUT2D eigenvalue weighted by Gasteiger charge is -2.30. The fraction of sp³-hybridized carbons (Fsp3) is 0.167. The van der Waals surface area contributed by atoms with Crippen LogP contribution >= 0.6 is 0 Å². The normalized spacial score (nSPS) is 24.7. The summed E-state index contributed by atoms with van der Waals surface area (Å²) >= 11 is 0. The number of halogens is 2. The molecule has 1 aromatic rings. The van der Waals surface area contributed by atoms with Crippen LogP contribution in [0.4, 0.5) is 14.6 Å². The Morgan fingerprint density at radius 3 is 2.84 bits per heavy atom. The largest absolute Gasteiger partial charge is 0.478 e. The van der Waals surface area contributed by atoms with E-state index in [0.717, 1.165) is 0 Å². The zero-order chi connectivity index (χ0) is 13.8. The minimum Gasteiger partial charge on any atom is -0.478 e. The molecule has 2 aliphatic rings. The number of carboxylic acid groups (broad SMARTS) is 1. The molecule has 0 aliphatic carbocycles. The average molecular weight is 268 g/mol. The number of carbonyl (C=O) groups excluding carboxylic acids is 1. The van der Waals surface area contributed by atoms with Crippen LogP contribution in [0.2, 0.25) is 0 Å². The molecule has 0 aromatic heterocycles. The molecule has 98 valence electrons. The van der Waals surface area contributed by atoms with Gasteiger partial charge in [0.05, 0.1) is 16.1 Å². The second-order valence-electron chi connectivity index (χ2n) is 4.25. The number of carbonyl (C=O) groups is 2. The van der Waals surface area contributed by atoms with Crippen LogP contribution in [0.5, 0.6) is 0 Å². The zero-order valence-corrected chi connectivity index (χ0v) is 9.52. The first-order chi connectivity index (χ1) is 8.95. The van der Waals surface area contributed by atoms with Gasteiger partial charge in [-0.25, -0.2) is 4.79 Å². The third kappa shape index (κ3) is 1.45. The first-order valence-electron chi connectivity index (χ1n) is 5.50. The lowest BCUT2D eigenvalue weighted by atomic mass is 9.93. The number of hydroxylamine groups is 1. The van der Waals surface area contributed by atoms with Gasteiger partial charge >= 0.3 is 11.9 Å². The highest BCUT2D eigenvalue weighted by Crippen LogP contribution is 2.45. The third-order valence-corrected chi connectivity index (χ3v) is 3.19. The Kier molecular flexibility index (Phi) is 2.32. The van der Waals surface area contributed by atoms with E-state index in [9.17, 15) is 18.5 Å². The molecule has 0 bridgehead atoms. The molecule has 7 heteroatoms. The van der Waals surface area contributed by atoms with Crippen molar-refractivity contribution < 1.29 is 28.4 Å². The van der Waals surface area contributed by atoms with Crippen molar-refractivity contribution in [3.63, 3.8) is 0 Å². The number of carboxylic acids is 1. The average Bonchev–Trinajstić information content (AvgIpc) is 2.36. The van der Waals surface area contributed by atoms with Gasteiger partial charge in [-0.1, -0.05) is 6.07 Å². The van der Waals surface area contributed by atoms with Gasteiger partial charge in [-0.2, -0.15) is 0 Å². The quantitative estimate of drug-likeness (QED) is 0.625. The van der Waals surface area contributed by atoms with Crippen LogP contribution in [0.25, 0.3) is 0 Å². The number of hydrogen-bond acceptors (Lipinski definition) is 3. The molecule has 19 heavy (non-hydrogen) atoms. The Hall–Kier alpha value is -2.12. The van der Waals surface area contributed by atoms with Crippen molar-refractivity contribution in [2.45, 2.75) is 6.42 Å². The molecule has 0 radical (unpaired) electrons. The maximum absolute atomic E-state index is 14.5. The van der Waals surface area contributed by atoms with Crippen LogP contribution in [0.3, 0.4) is 0 Å². The number of rotatable bonds is 1. The van der Waals surface area contributed by atoms with Gasteiger partial charge in [-0.3, -0.25) is 4.79 Å². The highest BCUT2D eigenvalue weighted by molar-refractivity contribution is 6.16. The maximum Gasteiger partial charge on any atom is 0.367 e. The SMILES string of the molecule is O=C(O)c1ccc2c3c1C(=O)C=C(F)[N+]3(F)OCC2. The highest BCUT2D eigenvalue weighted by atomic mass is 19.2. The molecule has 0 amide bonds. The fourth-order valence-electron chi connectivity index (χ4n) is 2.37. The Labute approximate surface area is 105 Å². The summed E-state index contributed by atoms with van der Waals surface area (Å²) in [5, 5.41) is 9.04. The highest BCUT2D eigenvalue weighted by Gasteiger charge is 2.53. The van der Waals surface area contributed by atoms with Gasteiger partial charge in [-0.15, -0.1) is 9.23 Å². The Bertz CT molecular complexity index is 655. The van der Waals surface area contributed by atoms with Crippen molar-refractivity contribution in [1.82, 2.24) is 4.87 Å². The van der Waals surface area contributed by atoms with Crippen molar-refractivity contribution in [2.24, 2.45) is 0 Å². The second-order valence-corrected chi connectivity index (χ2v) is 4.25. The number of allylic oxidation sites excluding steroid dienone is 1. The smallest absolute Gasteiger partial charge is 0.367 e. The van der Waals surface area contributed by atoms with Gasteiger partial charge in [0.2, 0.25) is 11.5 Å². The summed E-state index contributed by atoms with van der Waals surface area (Å²) in [7, 11) is 0. The van der Waals surface area contributed by atoms with E-state index in [2.05, 4.69) is 0 Å². The van der Waals surface area contributed by atoms with Crippen molar-refractivity contribution in [3.05, 3.63) is 40.8 Å². The number of nitrogens with zero attached hydrogens (tertiary/aromatic N) is 1. The van der Waals surface area contributed by atoms with E-state index in [-0.39, 0.29) is 29.8 Å². The Morgan fingerprint density at radius 2 is 2.16 bits per heavy atom. The van der Waals surface area contributed by atoms with Crippen molar-refractivity contribution in [2.75, 3.05) is 6.61 Å². The minimum absolute atomic E-state index is 0.0647. The van der Waals surface area contributed by atoms with Crippen LogP contribution in [-0.4, -0.2) is 23.5 Å². The van der Waals surface area contributed by atoms with Crippen LogP contribution < -0.4 is 4.87 Å². The van der Waals surface area contributed by atoms with Gasteiger partial charge in [0.25, 0.3) is 0 Å². The lowest BCUT2D eigenvalue weighted by molar-refractivity contribution is -0.259. The molecular weight excluding hydrogens is 260 g/mol. The molecular formula is C12H8F2NO4+. The number of aromatic carboxylic acids is 1.